The van der Waals surface area contributed by atoms with Crippen LogP contribution in [0.3, 0.4) is 0 Å². The number of para-hydroxylation sites is 1. The minimum Gasteiger partial charge on any atom is -0.463 e. The van der Waals surface area contributed by atoms with E-state index in [4.69, 9.17) is 8.83 Å². The smallest absolute Gasteiger partial charge is 0.237 e. The van der Waals surface area contributed by atoms with Gasteiger partial charge in [0.05, 0.1) is 17.8 Å². The SMILES string of the molecule is Cc1cccc(C)c1NC(=O)C(C)Sc1nnc(-c2ccco2)c(-c2ccco2)n1. The lowest BCUT2D eigenvalue weighted by Gasteiger charge is -2.15. The number of nitrogens with one attached hydrogen (secondary N) is 1. The molecule has 0 radical (unpaired) electrons. The molecule has 30 heavy (non-hydrogen) atoms. The Morgan fingerprint density at radius 2 is 1.57 bits per heavy atom. The quantitative estimate of drug-likeness (QED) is 0.432. The highest BCUT2D eigenvalue weighted by atomic mass is 32.2. The van der Waals surface area contributed by atoms with Crippen LogP contribution in [0.1, 0.15) is 18.1 Å². The van der Waals surface area contributed by atoms with Crippen molar-refractivity contribution in [3.05, 3.63) is 66.1 Å². The number of aryl methyl sites for hydroxylation is 2. The van der Waals surface area contributed by atoms with Crippen molar-refractivity contribution in [2.75, 3.05) is 5.32 Å². The van der Waals surface area contributed by atoms with Crippen LogP contribution in [0.5, 0.6) is 0 Å². The number of hydrogen-bond acceptors (Lipinski definition) is 7. The molecule has 1 atom stereocenters. The standard InChI is InChI=1S/C22H20N4O3S/c1-13-7-4-8-14(2)18(13)23-21(27)15(3)30-22-24-19(16-9-5-11-28-16)20(25-26-22)17-10-6-12-29-17/h4-12,15H,1-3H3,(H,23,27). The van der Waals surface area contributed by atoms with E-state index < -0.39 is 5.25 Å². The first-order chi connectivity index (χ1) is 14.5. The molecule has 0 bridgehead atoms. The lowest BCUT2D eigenvalue weighted by Crippen LogP contribution is -2.23. The van der Waals surface area contributed by atoms with Gasteiger partial charge in [-0.1, -0.05) is 30.0 Å². The average molecular weight is 420 g/mol. The summed E-state index contributed by atoms with van der Waals surface area (Å²) < 4.78 is 11.0. The molecular formula is C22H20N4O3S. The third-order valence-electron chi connectivity index (χ3n) is 4.56. The maximum absolute atomic E-state index is 12.7. The fourth-order valence-electron chi connectivity index (χ4n) is 2.97. The second-order valence-electron chi connectivity index (χ2n) is 6.76. The van der Waals surface area contributed by atoms with E-state index in [-0.39, 0.29) is 5.91 Å². The zero-order chi connectivity index (χ0) is 21.1. The summed E-state index contributed by atoms with van der Waals surface area (Å²) in [5.41, 5.74) is 3.85. The zero-order valence-corrected chi connectivity index (χ0v) is 17.6. The van der Waals surface area contributed by atoms with Gasteiger partial charge in [-0.2, -0.15) is 0 Å². The summed E-state index contributed by atoms with van der Waals surface area (Å²) in [5.74, 6) is 0.959. The Labute approximate surface area is 177 Å². The van der Waals surface area contributed by atoms with Crippen LogP contribution in [0.4, 0.5) is 5.69 Å². The van der Waals surface area contributed by atoms with E-state index in [1.54, 1.807) is 36.8 Å². The van der Waals surface area contributed by atoms with Crippen LogP contribution < -0.4 is 5.32 Å². The highest BCUT2D eigenvalue weighted by Crippen LogP contribution is 2.31. The van der Waals surface area contributed by atoms with Crippen LogP contribution in [0.2, 0.25) is 0 Å². The molecule has 0 spiro atoms. The fraction of sp³-hybridized carbons (Fsp3) is 0.182. The van der Waals surface area contributed by atoms with Gasteiger partial charge in [0, 0.05) is 5.69 Å². The van der Waals surface area contributed by atoms with Crippen LogP contribution in [-0.4, -0.2) is 26.3 Å². The van der Waals surface area contributed by atoms with Crippen molar-refractivity contribution in [3.8, 4) is 22.9 Å². The van der Waals surface area contributed by atoms with Gasteiger partial charge in [-0.15, -0.1) is 10.2 Å². The van der Waals surface area contributed by atoms with Crippen molar-refractivity contribution >= 4 is 23.4 Å². The van der Waals surface area contributed by atoms with E-state index >= 15 is 0 Å². The Kier molecular flexibility index (Phi) is 5.67. The molecule has 0 aliphatic heterocycles. The van der Waals surface area contributed by atoms with E-state index in [1.807, 2.05) is 39.0 Å². The molecule has 0 fully saturated rings. The molecular weight excluding hydrogens is 400 g/mol. The van der Waals surface area contributed by atoms with E-state index in [1.165, 1.54) is 11.8 Å². The van der Waals surface area contributed by atoms with E-state index in [2.05, 4.69) is 20.5 Å². The van der Waals surface area contributed by atoms with Crippen LogP contribution in [-0.2, 0) is 4.79 Å². The van der Waals surface area contributed by atoms with Crippen LogP contribution >= 0.6 is 11.8 Å². The van der Waals surface area contributed by atoms with Gasteiger partial charge < -0.3 is 14.2 Å². The third kappa shape index (κ3) is 4.13. The first-order valence-corrected chi connectivity index (χ1v) is 10.3. The first kappa shape index (κ1) is 19.9. The van der Waals surface area contributed by atoms with Crippen LogP contribution in [0, 0.1) is 13.8 Å². The minimum absolute atomic E-state index is 0.129. The third-order valence-corrected chi connectivity index (χ3v) is 5.51. The predicted octanol–water partition coefficient (Wildman–Crippen LogP) is 5.13. The van der Waals surface area contributed by atoms with Crippen molar-refractivity contribution in [1.29, 1.82) is 0 Å². The molecule has 1 amide bonds. The topological polar surface area (TPSA) is 94.1 Å². The Morgan fingerprint density at radius 1 is 0.933 bits per heavy atom. The molecule has 152 valence electrons. The maximum Gasteiger partial charge on any atom is 0.237 e. The second-order valence-corrected chi connectivity index (χ2v) is 8.07. The largest absolute Gasteiger partial charge is 0.463 e. The van der Waals surface area contributed by atoms with Crippen molar-refractivity contribution < 1.29 is 13.6 Å². The van der Waals surface area contributed by atoms with E-state index in [0.717, 1.165) is 16.8 Å². The van der Waals surface area contributed by atoms with Crippen molar-refractivity contribution in [2.45, 2.75) is 31.2 Å². The number of furan rings is 2. The molecule has 3 aromatic heterocycles. The molecule has 0 aliphatic rings. The highest BCUT2D eigenvalue weighted by Gasteiger charge is 2.22. The van der Waals surface area contributed by atoms with Gasteiger partial charge in [-0.25, -0.2) is 4.98 Å². The van der Waals surface area contributed by atoms with Crippen LogP contribution in [0.25, 0.3) is 22.9 Å². The summed E-state index contributed by atoms with van der Waals surface area (Å²) in [6.07, 6.45) is 3.13. The second kappa shape index (κ2) is 8.54. The van der Waals surface area contributed by atoms with Crippen molar-refractivity contribution in [2.24, 2.45) is 0 Å². The molecule has 8 heteroatoms. The van der Waals surface area contributed by atoms with Gasteiger partial charge in [-0.3, -0.25) is 4.79 Å². The number of carbonyl (C=O) groups is 1. The number of thioether (sulfide) groups is 1. The van der Waals surface area contributed by atoms with Crippen LogP contribution in [0.15, 0.2) is 69.0 Å². The molecule has 4 rings (SSSR count). The van der Waals surface area contributed by atoms with E-state index in [0.29, 0.717) is 28.1 Å². The Bertz CT molecular complexity index is 1140. The molecule has 1 aromatic carbocycles. The molecule has 0 saturated heterocycles. The van der Waals surface area contributed by atoms with Gasteiger partial charge in [0.2, 0.25) is 11.1 Å². The zero-order valence-electron chi connectivity index (χ0n) is 16.7. The van der Waals surface area contributed by atoms with Crippen molar-refractivity contribution in [1.82, 2.24) is 15.2 Å². The molecule has 4 aromatic rings. The number of benzene rings is 1. The summed E-state index contributed by atoms with van der Waals surface area (Å²) in [6, 6.07) is 13.0. The lowest BCUT2D eigenvalue weighted by molar-refractivity contribution is -0.115. The summed E-state index contributed by atoms with van der Waals surface area (Å²) in [7, 11) is 0. The number of carbonyl (C=O) groups excluding carboxylic acids is 1. The Morgan fingerprint density at radius 3 is 2.17 bits per heavy atom. The molecule has 1 N–H and O–H groups in total. The molecule has 0 saturated carbocycles. The maximum atomic E-state index is 12.7. The molecule has 3 heterocycles. The minimum atomic E-state index is -0.426. The summed E-state index contributed by atoms with van der Waals surface area (Å²) in [5, 5.41) is 11.4. The lowest BCUT2D eigenvalue weighted by atomic mass is 10.1. The van der Waals surface area contributed by atoms with Gasteiger partial charge in [-0.05, 0) is 56.2 Å². The Balaban J connectivity index is 1.57. The van der Waals surface area contributed by atoms with E-state index in [9.17, 15) is 4.79 Å². The van der Waals surface area contributed by atoms with Gasteiger partial charge in [0.25, 0.3) is 0 Å². The monoisotopic (exact) mass is 420 g/mol. The van der Waals surface area contributed by atoms with Gasteiger partial charge >= 0.3 is 0 Å². The average Bonchev–Trinajstić information content (AvgIpc) is 3.44. The van der Waals surface area contributed by atoms with Gasteiger partial charge in [0.15, 0.2) is 17.2 Å². The normalized spacial score (nSPS) is 12.0. The number of nitrogens with zero attached hydrogens (tertiary/aromatic N) is 3. The predicted molar refractivity (Wildman–Crippen MR) is 115 cm³/mol. The molecule has 1 unspecified atom stereocenters. The summed E-state index contributed by atoms with van der Waals surface area (Å²) in [4.78, 5) is 17.3. The number of rotatable bonds is 6. The molecule has 7 nitrogen and oxygen atoms in total. The number of anilines is 1. The van der Waals surface area contributed by atoms with Gasteiger partial charge in [0.1, 0.15) is 5.69 Å². The first-order valence-electron chi connectivity index (χ1n) is 9.39. The number of hydrogen-bond donors (Lipinski definition) is 1. The summed E-state index contributed by atoms with van der Waals surface area (Å²) in [6.45, 7) is 5.75. The number of aromatic nitrogens is 3. The summed E-state index contributed by atoms with van der Waals surface area (Å²) >= 11 is 1.23. The fourth-order valence-corrected chi connectivity index (χ4v) is 3.69. The Hall–Kier alpha value is -3.39. The molecule has 0 aliphatic carbocycles. The number of amides is 1. The highest BCUT2D eigenvalue weighted by molar-refractivity contribution is 8.00. The van der Waals surface area contributed by atoms with Crippen molar-refractivity contribution in [3.63, 3.8) is 0 Å².